The minimum absolute atomic E-state index is 0.1000. The molecule has 0 saturated carbocycles. The van der Waals surface area contributed by atoms with Gasteiger partial charge in [-0.3, -0.25) is 14.6 Å². The lowest BCUT2D eigenvalue weighted by Gasteiger charge is -2.12. The first kappa shape index (κ1) is 12.2. The van der Waals surface area contributed by atoms with E-state index < -0.39 is 17.8 Å². The third-order valence-corrected chi connectivity index (χ3v) is 2.54. The van der Waals surface area contributed by atoms with Crippen molar-refractivity contribution in [3.05, 3.63) is 30.1 Å². The Balaban J connectivity index is 1.82. The first-order valence-electron chi connectivity index (χ1n) is 5.62. The zero-order chi connectivity index (χ0) is 13.0. The van der Waals surface area contributed by atoms with Crippen molar-refractivity contribution >= 4 is 17.8 Å². The number of amides is 2. The fraction of sp³-hybridized carbons (Fsp3) is 0.333. The molecular weight excluding hydrogens is 236 g/mol. The molecule has 1 aromatic heterocycles. The summed E-state index contributed by atoms with van der Waals surface area (Å²) in [5, 5.41) is 0.561. The zero-order valence-electron chi connectivity index (χ0n) is 9.67. The van der Waals surface area contributed by atoms with Crippen molar-refractivity contribution in [3.8, 4) is 0 Å². The monoisotopic (exact) mass is 248 g/mol. The van der Waals surface area contributed by atoms with E-state index in [0.29, 0.717) is 11.5 Å². The van der Waals surface area contributed by atoms with Gasteiger partial charge in [0.2, 0.25) is 0 Å². The highest BCUT2D eigenvalue weighted by Crippen LogP contribution is 2.13. The number of aromatic nitrogens is 1. The lowest BCUT2D eigenvalue weighted by atomic mass is 10.2. The van der Waals surface area contributed by atoms with E-state index in [0.717, 1.165) is 5.56 Å². The van der Waals surface area contributed by atoms with Crippen molar-refractivity contribution in [2.75, 3.05) is 0 Å². The molecule has 0 aliphatic carbocycles. The van der Waals surface area contributed by atoms with Crippen LogP contribution in [0.3, 0.4) is 0 Å². The number of pyridine rings is 1. The molecule has 2 amide bonds. The molecule has 2 rings (SSSR count). The first-order valence-corrected chi connectivity index (χ1v) is 5.62. The summed E-state index contributed by atoms with van der Waals surface area (Å²) >= 11 is 0. The number of nitrogens with zero attached hydrogens (tertiary/aromatic N) is 2. The van der Waals surface area contributed by atoms with E-state index in [1.165, 1.54) is 0 Å². The van der Waals surface area contributed by atoms with Crippen molar-refractivity contribution in [2.24, 2.45) is 0 Å². The lowest BCUT2D eigenvalue weighted by Crippen LogP contribution is -2.32. The molecule has 2 heterocycles. The Morgan fingerprint density at radius 3 is 2.67 bits per heavy atom. The van der Waals surface area contributed by atoms with Gasteiger partial charge in [0, 0.05) is 25.2 Å². The quantitative estimate of drug-likeness (QED) is 0.730. The second kappa shape index (κ2) is 5.39. The predicted molar refractivity (Wildman–Crippen MR) is 59.7 cm³/mol. The summed E-state index contributed by atoms with van der Waals surface area (Å²) in [6, 6.07) is 3.61. The topological polar surface area (TPSA) is 76.6 Å². The van der Waals surface area contributed by atoms with E-state index in [1.54, 1.807) is 18.5 Å². The number of hydrogen-bond acceptors (Lipinski definition) is 5. The molecule has 0 spiro atoms. The average molecular weight is 248 g/mol. The third kappa shape index (κ3) is 2.91. The summed E-state index contributed by atoms with van der Waals surface area (Å²) in [5.74, 6) is -1.52. The summed E-state index contributed by atoms with van der Waals surface area (Å²) < 4.78 is 0. The van der Waals surface area contributed by atoms with Crippen LogP contribution in [0.25, 0.3) is 0 Å². The average Bonchev–Trinajstić information content (AvgIpc) is 2.69. The van der Waals surface area contributed by atoms with E-state index in [4.69, 9.17) is 4.84 Å². The van der Waals surface area contributed by atoms with Crippen LogP contribution in [-0.4, -0.2) is 27.8 Å². The molecule has 1 saturated heterocycles. The number of carbonyl (C=O) groups excluding carboxylic acids is 3. The third-order valence-electron chi connectivity index (χ3n) is 2.54. The van der Waals surface area contributed by atoms with E-state index in [9.17, 15) is 14.4 Å². The smallest absolute Gasteiger partial charge is 0.330 e. The van der Waals surface area contributed by atoms with Crippen LogP contribution < -0.4 is 0 Å². The van der Waals surface area contributed by atoms with Gasteiger partial charge in [-0.15, -0.1) is 5.06 Å². The fourth-order valence-corrected chi connectivity index (χ4v) is 1.60. The second-order valence-electron chi connectivity index (χ2n) is 3.91. The number of imide groups is 1. The highest BCUT2D eigenvalue weighted by molar-refractivity contribution is 6.01. The van der Waals surface area contributed by atoms with Gasteiger partial charge in [0.05, 0.1) is 6.42 Å². The molecule has 94 valence electrons. The van der Waals surface area contributed by atoms with Crippen molar-refractivity contribution in [3.63, 3.8) is 0 Å². The van der Waals surface area contributed by atoms with Gasteiger partial charge in [-0.1, -0.05) is 6.07 Å². The van der Waals surface area contributed by atoms with Gasteiger partial charge >= 0.3 is 5.97 Å². The van der Waals surface area contributed by atoms with E-state index >= 15 is 0 Å². The number of rotatable bonds is 4. The SMILES string of the molecule is O=C(CCc1cccnc1)ON1C(=O)CCC1=O. The lowest BCUT2D eigenvalue weighted by molar-refractivity contribution is -0.197. The summed E-state index contributed by atoms with van der Waals surface area (Å²) in [5.41, 5.74) is 0.897. The van der Waals surface area contributed by atoms with Gasteiger partial charge in [0.15, 0.2) is 0 Å². The predicted octanol–water partition coefficient (Wildman–Crippen LogP) is 0.621. The largest absolute Gasteiger partial charge is 0.333 e. The first-order chi connectivity index (χ1) is 8.66. The summed E-state index contributed by atoms with van der Waals surface area (Å²) in [7, 11) is 0. The maximum absolute atomic E-state index is 11.5. The Hall–Kier alpha value is -2.24. The molecule has 6 nitrogen and oxygen atoms in total. The van der Waals surface area contributed by atoms with Crippen LogP contribution >= 0.6 is 0 Å². The van der Waals surface area contributed by atoms with Crippen LogP contribution in [0.5, 0.6) is 0 Å². The van der Waals surface area contributed by atoms with Crippen LogP contribution in [0.15, 0.2) is 24.5 Å². The summed E-state index contributed by atoms with van der Waals surface area (Å²) in [6.45, 7) is 0. The minimum Gasteiger partial charge on any atom is -0.330 e. The maximum atomic E-state index is 11.5. The molecule has 1 aromatic rings. The number of carbonyl (C=O) groups is 3. The van der Waals surface area contributed by atoms with E-state index in [1.807, 2.05) is 6.07 Å². The Labute approximate surface area is 104 Å². The van der Waals surface area contributed by atoms with Gasteiger partial charge in [0.25, 0.3) is 11.8 Å². The molecule has 6 heteroatoms. The highest BCUT2D eigenvalue weighted by atomic mass is 16.7. The van der Waals surface area contributed by atoms with Crippen molar-refractivity contribution in [1.82, 2.24) is 10.0 Å². The molecule has 0 bridgehead atoms. The van der Waals surface area contributed by atoms with Crippen LogP contribution in [0.1, 0.15) is 24.8 Å². The van der Waals surface area contributed by atoms with E-state index in [-0.39, 0.29) is 19.3 Å². The second-order valence-corrected chi connectivity index (χ2v) is 3.91. The normalized spacial score (nSPS) is 15.0. The number of hydrogen-bond donors (Lipinski definition) is 0. The highest BCUT2D eigenvalue weighted by Gasteiger charge is 2.32. The van der Waals surface area contributed by atoms with Gasteiger partial charge in [0.1, 0.15) is 0 Å². The summed E-state index contributed by atoms with van der Waals surface area (Å²) in [4.78, 5) is 42.6. The zero-order valence-corrected chi connectivity index (χ0v) is 9.67. The van der Waals surface area contributed by atoms with Crippen LogP contribution in [0.4, 0.5) is 0 Å². The molecule has 1 aliphatic rings. The summed E-state index contributed by atoms with van der Waals surface area (Å²) in [6.07, 6.45) is 4.07. The minimum atomic E-state index is -0.595. The van der Waals surface area contributed by atoms with E-state index in [2.05, 4.69) is 4.98 Å². The van der Waals surface area contributed by atoms with Gasteiger partial charge in [-0.05, 0) is 18.1 Å². The molecule has 0 unspecified atom stereocenters. The van der Waals surface area contributed by atoms with Crippen molar-refractivity contribution in [1.29, 1.82) is 0 Å². The molecule has 18 heavy (non-hydrogen) atoms. The van der Waals surface area contributed by atoms with Crippen LogP contribution in [0, 0.1) is 0 Å². The Morgan fingerprint density at radius 2 is 2.06 bits per heavy atom. The standard InChI is InChI=1S/C12H12N2O4/c15-10-4-5-11(16)14(10)18-12(17)6-3-9-2-1-7-13-8-9/h1-2,7-8H,3-6H2. The molecule has 1 aliphatic heterocycles. The molecule has 0 N–H and O–H groups in total. The number of aryl methyl sites for hydroxylation is 1. The molecule has 0 atom stereocenters. The number of hydroxylamine groups is 2. The van der Waals surface area contributed by atoms with Gasteiger partial charge in [-0.25, -0.2) is 4.79 Å². The maximum Gasteiger partial charge on any atom is 0.333 e. The van der Waals surface area contributed by atoms with Crippen LogP contribution in [-0.2, 0) is 25.6 Å². The van der Waals surface area contributed by atoms with Gasteiger partial charge in [-0.2, -0.15) is 0 Å². The molecular formula is C12H12N2O4. The Kier molecular flexibility index (Phi) is 3.66. The van der Waals surface area contributed by atoms with Gasteiger partial charge < -0.3 is 4.84 Å². The molecule has 1 fully saturated rings. The Morgan fingerprint density at radius 1 is 1.33 bits per heavy atom. The molecule has 0 radical (unpaired) electrons. The van der Waals surface area contributed by atoms with Crippen LogP contribution in [0.2, 0.25) is 0 Å². The Bertz CT molecular complexity index is 456. The van der Waals surface area contributed by atoms with Crippen molar-refractivity contribution in [2.45, 2.75) is 25.7 Å². The molecule has 0 aromatic carbocycles. The van der Waals surface area contributed by atoms with Crippen molar-refractivity contribution < 1.29 is 19.2 Å². The fourth-order valence-electron chi connectivity index (χ4n) is 1.60.